The van der Waals surface area contributed by atoms with E-state index in [0.29, 0.717) is 17.7 Å². The van der Waals surface area contributed by atoms with Gasteiger partial charge in [0.15, 0.2) is 0 Å². The van der Waals surface area contributed by atoms with Gasteiger partial charge in [0.1, 0.15) is 6.07 Å². The number of carbonyl (C=O) groups excluding carboxylic acids is 1. The lowest BCUT2D eigenvalue weighted by atomic mass is 9.79. The van der Waals surface area contributed by atoms with Crippen LogP contribution >= 0.6 is 0 Å². The minimum Gasteiger partial charge on any atom is -0.314 e. The van der Waals surface area contributed by atoms with Crippen LogP contribution in [0.1, 0.15) is 44.1 Å². The SMILES string of the molecule is CNC1(CC(=O)N(C)c2ccccc2C#N)CCCCC1. The van der Waals surface area contributed by atoms with Crippen LogP contribution in [0.4, 0.5) is 5.69 Å². The second-order valence-corrected chi connectivity index (χ2v) is 5.85. The maximum Gasteiger partial charge on any atom is 0.228 e. The van der Waals surface area contributed by atoms with E-state index in [1.165, 1.54) is 19.3 Å². The zero-order valence-corrected chi connectivity index (χ0v) is 12.9. The number of nitrogens with zero attached hydrogens (tertiary/aromatic N) is 2. The van der Waals surface area contributed by atoms with E-state index >= 15 is 0 Å². The lowest BCUT2D eigenvalue weighted by Crippen LogP contribution is -2.48. The van der Waals surface area contributed by atoms with Crippen LogP contribution in [0.25, 0.3) is 0 Å². The highest BCUT2D eigenvalue weighted by Crippen LogP contribution is 2.32. The number of hydrogen-bond donors (Lipinski definition) is 1. The lowest BCUT2D eigenvalue weighted by molar-refractivity contribution is -0.120. The first-order valence-electron chi connectivity index (χ1n) is 7.56. The topological polar surface area (TPSA) is 56.1 Å². The summed E-state index contributed by atoms with van der Waals surface area (Å²) in [5, 5.41) is 12.5. The molecule has 4 heteroatoms. The van der Waals surface area contributed by atoms with Gasteiger partial charge in [0.25, 0.3) is 0 Å². The number of benzene rings is 1. The van der Waals surface area contributed by atoms with Gasteiger partial charge in [0, 0.05) is 19.0 Å². The van der Waals surface area contributed by atoms with Crippen LogP contribution in [-0.2, 0) is 4.79 Å². The maximum absolute atomic E-state index is 12.6. The van der Waals surface area contributed by atoms with E-state index in [-0.39, 0.29) is 11.4 Å². The number of carbonyl (C=O) groups is 1. The van der Waals surface area contributed by atoms with Crippen molar-refractivity contribution in [3.05, 3.63) is 29.8 Å². The number of hydrogen-bond acceptors (Lipinski definition) is 3. The molecule has 1 saturated carbocycles. The first-order chi connectivity index (χ1) is 10.1. The summed E-state index contributed by atoms with van der Waals surface area (Å²) in [5.74, 6) is 0.0638. The number of rotatable bonds is 4. The maximum atomic E-state index is 12.6. The number of para-hydroxylation sites is 1. The summed E-state index contributed by atoms with van der Waals surface area (Å²) in [7, 11) is 3.70. The van der Waals surface area contributed by atoms with Crippen molar-refractivity contribution in [1.82, 2.24) is 5.32 Å². The highest BCUT2D eigenvalue weighted by Gasteiger charge is 2.33. The van der Waals surface area contributed by atoms with Crippen LogP contribution in [0.5, 0.6) is 0 Å². The van der Waals surface area contributed by atoms with Crippen LogP contribution in [0, 0.1) is 11.3 Å². The molecule has 21 heavy (non-hydrogen) atoms. The fourth-order valence-corrected chi connectivity index (χ4v) is 3.15. The van der Waals surface area contributed by atoms with E-state index in [1.807, 2.05) is 25.2 Å². The lowest BCUT2D eigenvalue weighted by Gasteiger charge is -2.37. The van der Waals surface area contributed by atoms with Crippen LogP contribution < -0.4 is 10.2 Å². The predicted octanol–water partition coefficient (Wildman–Crippen LogP) is 2.83. The molecule has 0 heterocycles. The minimum absolute atomic E-state index is 0.0638. The van der Waals surface area contributed by atoms with Crippen LogP contribution in [0.3, 0.4) is 0 Å². The van der Waals surface area contributed by atoms with Gasteiger partial charge >= 0.3 is 0 Å². The van der Waals surface area contributed by atoms with Gasteiger partial charge in [0.05, 0.1) is 11.3 Å². The summed E-state index contributed by atoms with van der Waals surface area (Å²) >= 11 is 0. The molecule has 0 bridgehead atoms. The van der Waals surface area contributed by atoms with Crippen molar-refractivity contribution >= 4 is 11.6 Å². The summed E-state index contributed by atoms with van der Waals surface area (Å²) in [5.41, 5.74) is 1.15. The van der Waals surface area contributed by atoms with Crippen molar-refractivity contribution in [1.29, 1.82) is 5.26 Å². The van der Waals surface area contributed by atoms with E-state index in [1.54, 1.807) is 18.0 Å². The minimum atomic E-state index is -0.0782. The Morgan fingerprint density at radius 3 is 2.62 bits per heavy atom. The van der Waals surface area contributed by atoms with Gasteiger partial charge in [-0.3, -0.25) is 4.79 Å². The van der Waals surface area contributed by atoms with E-state index < -0.39 is 0 Å². The van der Waals surface area contributed by atoms with Gasteiger partial charge in [-0.2, -0.15) is 5.26 Å². The normalized spacial score (nSPS) is 17.0. The summed E-state index contributed by atoms with van der Waals surface area (Å²) in [6.45, 7) is 0. The van der Waals surface area contributed by atoms with Crippen molar-refractivity contribution < 1.29 is 4.79 Å². The zero-order valence-electron chi connectivity index (χ0n) is 12.9. The molecule has 0 radical (unpaired) electrons. The molecule has 0 atom stereocenters. The Morgan fingerprint density at radius 1 is 1.33 bits per heavy atom. The highest BCUT2D eigenvalue weighted by molar-refractivity contribution is 5.94. The van der Waals surface area contributed by atoms with Crippen molar-refractivity contribution in [3.8, 4) is 6.07 Å². The Morgan fingerprint density at radius 2 is 2.00 bits per heavy atom. The number of amides is 1. The monoisotopic (exact) mass is 285 g/mol. The fraction of sp³-hybridized carbons (Fsp3) is 0.529. The Balaban J connectivity index is 2.14. The first-order valence-corrected chi connectivity index (χ1v) is 7.56. The molecule has 1 aromatic rings. The second kappa shape index (κ2) is 6.73. The van der Waals surface area contributed by atoms with Gasteiger partial charge in [-0.25, -0.2) is 0 Å². The molecule has 0 spiro atoms. The molecule has 1 aromatic carbocycles. The second-order valence-electron chi connectivity index (χ2n) is 5.85. The summed E-state index contributed by atoms with van der Waals surface area (Å²) in [6, 6.07) is 9.39. The highest BCUT2D eigenvalue weighted by atomic mass is 16.2. The third-order valence-corrected chi connectivity index (χ3v) is 4.59. The van der Waals surface area contributed by atoms with E-state index in [0.717, 1.165) is 12.8 Å². The van der Waals surface area contributed by atoms with Crippen molar-refractivity contribution in [3.63, 3.8) is 0 Å². The van der Waals surface area contributed by atoms with Crippen molar-refractivity contribution in [2.24, 2.45) is 0 Å². The van der Waals surface area contributed by atoms with Gasteiger partial charge in [-0.05, 0) is 32.0 Å². The molecule has 0 saturated heterocycles. The van der Waals surface area contributed by atoms with Crippen molar-refractivity contribution in [2.75, 3.05) is 19.0 Å². The molecule has 1 N–H and O–H groups in total. The van der Waals surface area contributed by atoms with Crippen LogP contribution in [0.15, 0.2) is 24.3 Å². The standard InChI is InChI=1S/C17H23N3O/c1-19-17(10-6-3-7-11-17)12-16(21)20(2)15-9-5-4-8-14(15)13-18/h4-5,8-9,19H,3,6-7,10-12H2,1-2H3. The Bertz CT molecular complexity index is 541. The molecule has 1 fully saturated rings. The number of anilines is 1. The van der Waals surface area contributed by atoms with Crippen LogP contribution in [-0.4, -0.2) is 25.5 Å². The van der Waals surface area contributed by atoms with E-state index in [2.05, 4.69) is 11.4 Å². The Labute approximate surface area is 126 Å². The molecule has 4 nitrogen and oxygen atoms in total. The molecule has 0 unspecified atom stereocenters. The average molecular weight is 285 g/mol. The van der Waals surface area contributed by atoms with E-state index in [4.69, 9.17) is 5.26 Å². The molecular formula is C17H23N3O. The zero-order chi connectivity index (χ0) is 15.3. The molecule has 112 valence electrons. The third-order valence-electron chi connectivity index (χ3n) is 4.59. The predicted molar refractivity (Wildman–Crippen MR) is 84.1 cm³/mol. The molecule has 1 aliphatic rings. The molecule has 0 aliphatic heterocycles. The largest absolute Gasteiger partial charge is 0.314 e. The first kappa shape index (κ1) is 15.5. The summed E-state index contributed by atoms with van der Waals surface area (Å²) in [4.78, 5) is 14.2. The Kier molecular flexibility index (Phi) is 4.98. The molecule has 1 amide bonds. The summed E-state index contributed by atoms with van der Waals surface area (Å²) in [6.07, 6.45) is 6.18. The quantitative estimate of drug-likeness (QED) is 0.925. The smallest absolute Gasteiger partial charge is 0.228 e. The molecular weight excluding hydrogens is 262 g/mol. The third kappa shape index (κ3) is 3.43. The summed E-state index contributed by atoms with van der Waals surface area (Å²) < 4.78 is 0. The van der Waals surface area contributed by atoms with Crippen molar-refractivity contribution in [2.45, 2.75) is 44.1 Å². The van der Waals surface area contributed by atoms with Gasteiger partial charge in [-0.1, -0.05) is 31.4 Å². The van der Waals surface area contributed by atoms with Gasteiger partial charge in [-0.15, -0.1) is 0 Å². The number of nitrogens with one attached hydrogen (secondary N) is 1. The fourth-order valence-electron chi connectivity index (χ4n) is 3.15. The molecule has 0 aromatic heterocycles. The molecule has 2 rings (SSSR count). The van der Waals surface area contributed by atoms with E-state index in [9.17, 15) is 4.79 Å². The van der Waals surface area contributed by atoms with Gasteiger partial charge in [0.2, 0.25) is 5.91 Å². The molecule has 1 aliphatic carbocycles. The number of nitriles is 1. The average Bonchev–Trinajstić information content (AvgIpc) is 2.54. The Hall–Kier alpha value is -1.86. The van der Waals surface area contributed by atoms with Crippen LogP contribution in [0.2, 0.25) is 0 Å². The van der Waals surface area contributed by atoms with Gasteiger partial charge < -0.3 is 10.2 Å².